The van der Waals surface area contributed by atoms with Gasteiger partial charge < -0.3 is 19.1 Å². The fourth-order valence-corrected chi connectivity index (χ4v) is 2.89. The summed E-state index contributed by atoms with van der Waals surface area (Å²) in [5, 5.41) is 9.37. The van der Waals surface area contributed by atoms with Gasteiger partial charge in [-0.2, -0.15) is 5.26 Å². The van der Waals surface area contributed by atoms with Crippen molar-refractivity contribution in [3.8, 4) is 17.7 Å². The van der Waals surface area contributed by atoms with Gasteiger partial charge in [-0.25, -0.2) is 14.8 Å². The van der Waals surface area contributed by atoms with Crippen molar-refractivity contribution in [2.24, 2.45) is 0 Å². The number of aromatic nitrogens is 2. The smallest absolute Gasteiger partial charge is 0.341 e. The molecule has 0 saturated carbocycles. The Morgan fingerprint density at radius 3 is 2.58 bits per heavy atom. The topological polar surface area (TPSA) is 97.6 Å². The van der Waals surface area contributed by atoms with Crippen LogP contribution in [-0.2, 0) is 14.3 Å². The average Bonchev–Trinajstić information content (AvgIpc) is 2.82. The number of nitrogens with zero attached hydrogens (tertiary/aromatic N) is 4. The molecule has 0 N–H and O–H groups in total. The number of nitriles is 1. The van der Waals surface area contributed by atoms with Crippen LogP contribution in [0.3, 0.4) is 0 Å². The van der Waals surface area contributed by atoms with E-state index in [1.807, 2.05) is 12.1 Å². The van der Waals surface area contributed by atoms with Crippen molar-refractivity contribution in [2.75, 3.05) is 26.2 Å². The number of methoxy groups -OCH3 is 2. The fourth-order valence-electron chi connectivity index (χ4n) is 2.89. The van der Waals surface area contributed by atoms with Crippen molar-refractivity contribution in [1.82, 2.24) is 9.97 Å². The van der Waals surface area contributed by atoms with E-state index >= 15 is 0 Å². The summed E-state index contributed by atoms with van der Waals surface area (Å²) in [4.78, 5) is 22.4. The van der Waals surface area contributed by atoms with Crippen molar-refractivity contribution in [3.05, 3.63) is 78.3 Å². The fraction of sp³-hybridized carbons (Fsp3) is 0.130. The summed E-state index contributed by atoms with van der Waals surface area (Å²) in [6.45, 7) is 0. The number of benzene rings is 2. The van der Waals surface area contributed by atoms with Gasteiger partial charge in [-0.05, 0) is 18.2 Å². The predicted molar refractivity (Wildman–Crippen MR) is 115 cm³/mol. The molecule has 1 heterocycles. The van der Waals surface area contributed by atoms with Gasteiger partial charge in [0, 0.05) is 18.7 Å². The lowest BCUT2D eigenvalue weighted by Gasteiger charge is -2.20. The monoisotopic (exact) mass is 416 g/mol. The summed E-state index contributed by atoms with van der Waals surface area (Å²) in [5.74, 6) is 0.626. The highest BCUT2D eigenvalue weighted by Crippen LogP contribution is 2.32. The van der Waals surface area contributed by atoms with Crippen LogP contribution < -0.4 is 9.64 Å². The zero-order valence-corrected chi connectivity index (χ0v) is 17.3. The summed E-state index contributed by atoms with van der Waals surface area (Å²) >= 11 is 0. The van der Waals surface area contributed by atoms with Crippen LogP contribution in [0.4, 0.5) is 11.5 Å². The van der Waals surface area contributed by atoms with Gasteiger partial charge in [0.15, 0.2) is 0 Å². The molecular formula is C23H20N4O4. The number of carbonyl (C=O) groups excluding carboxylic acids is 1. The molecule has 0 aliphatic carbocycles. The van der Waals surface area contributed by atoms with Crippen molar-refractivity contribution in [1.29, 1.82) is 5.26 Å². The molecule has 1 aromatic heterocycles. The van der Waals surface area contributed by atoms with Crippen molar-refractivity contribution < 1.29 is 19.0 Å². The molecule has 0 unspecified atom stereocenters. The lowest BCUT2D eigenvalue weighted by atomic mass is 10.1. The zero-order chi connectivity index (χ0) is 22.2. The first kappa shape index (κ1) is 21.3. The molecule has 0 spiro atoms. The summed E-state index contributed by atoms with van der Waals surface area (Å²) < 4.78 is 15.8. The predicted octanol–water partition coefficient (Wildman–Crippen LogP) is 4.07. The molecule has 156 valence electrons. The molecule has 0 saturated heterocycles. The number of esters is 1. The van der Waals surface area contributed by atoms with E-state index < -0.39 is 5.97 Å². The second-order valence-electron chi connectivity index (χ2n) is 6.26. The first-order chi connectivity index (χ1) is 15.1. The molecule has 3 aromatic rings. The van der Waals surface area contributed by atoms with Crippen LogP contribution in [-0.4, -0.2) is 37.2 Å². The van der Waals surface area contributed by atoms with Crippen LogP contribution in [0.15, 0.2) is 67.2 Å². The lowest BCUT2D eigenvalue weighted by Crippen LogP contribution is -2.13. The summed E-state index contributed by atoms with van der Waals surface area (Å²) in [6, 6.07) is 18.0. The van der Waals surface area contributed by atoms with E-state index in [4.69, 9.17) is 14.2 Å². The normalized spacial score (nSPS) is 10.7. The van der Waals surface area contributed by atoms with Crippen LogP contribution in [0, 0.1) is 11.3 Å². The number of rotatable bonds is 7. The highest BCUT2D eigenvalue weighted by Gasteiger charge is 2.19. The van der Waals surface area contributed by atoms with E-state index in [9.17, 15) is 10.1 Å². The quantitative estimate of drug-likeness (QED) is 0.323. The molecule has 0 fully saturated rings. The molecule has 0 aliphatic heterocycles. The molecule has 31 heavy (non-hydrogen) atoms. The standard InChI is InChI=1S/C23H20N4O4/c1-27(19-10-6-4-8-16(19)13-24)21-12-22(26-15-25-21)31-20-11-7-5-9-17(20)18(14-29-2)23(28)30-3/h4-12,14-15H,1-3H3. The Labute approximate surface area is 180 Å². The first-order valence-corrected chi connectivity index (χ1v) is 9.22. The Morgan fingerprint density at radius 1 is 1.10 bits per heavy atom. The molecule has 0 atom stereocenters. The largest absolute Gasteiger partial charge is 0.503 e. The highest BCUT2D eigenvalue weighted by atomic mass is 16.5. The van der Waals surface area contributed by atoms with Crippen molar-refractivity contribution in [3.63, 3.8) is 0 Å². The number of carbonyl (C=O) groups is 1. The number of ether oxygens (including phenoxy) is 3. The van der Waals surface area contributed by atoms with Gasteiger partial charge in [0.05, 0.1) is 31.7 Å². The minimum atomic E-state index is -0.561. The molecule has 8 nitrogen and oxygen atoms in total. The molecular weight excluding hydrogens is 396 g/mol. The van der Waals surface area contributed by atoms with E-state index in [0.29, 0.717) is 28.4 Å². The van der Waals surface area contributed by atoms with Gasteiger partial charge in [0.1, 0.15) is 29.5 Å². The third kappa shape index (κ3) is 4.79. The van der Waals surface area contributed by atoms with Gasteiger partial charge in [0.25, 0.3) is 0 Å². The van der Waals surface area contributed by atoms with Gasteiger partial charge in [-0.1, -0.05) is 30.3 Å². The maximum atomic E-state index is 12.2. The van der Waals surface area contributed by atoms with Crippen LogP contribution >= 0.6 is 0 Å². The SMILES string of the molecule is COC=C(C(=O)OC)c1ccccc1Oc1cc(N(C)c2ccccc2C#N)ncn1. The Balaban J connectivity index is 1.95. The summed E-state index contributed by atoms with van der Waals surface area (Å²) in [7, 11) is 4.53. The highest BCUT2D eigenvalue weighted by molar-refractivity contribution is 6.17. The lowest BCUT2D eigenvalue weighted by molar-refractivity contribution is -0.133. The van der Waals surface area contributed by atoms with E-state index in [2.05, 4.69) is 16.0 Å². The Kier molecular flexibility index (Phi) is 6.81. The van der Waals surface area contributed by atoms with E-state index in [1.165, 1.54) is 26.8 Å². The second-order valence-corrected chi connectivity index (χ2v) is 6.26. The van der Waals surface area contributed by atoms with E-state index in [0.717, 1.165) is 0 Å². The maximum absolute atomic E-state index is 12.2. The minimum absolute atomic E-state index is 0.204. The molecule has 0 amide bonds. The van der Waals surface area contributed by atoms with Crippen LogP contribution in [0.2, 0.25) is 0 Å². The van der Waals surface area contributed by atoms with Crippen LogP contribution in [0.25, 0.3) is 5.57 Å². The third-order valence-corrected chi connectivity index (χ3v) is 4.39. The average molecular weight is 416 g/mol. The van der Waals surface area contributed by atoms with Crippen molar-refractivity contribution in [2.45, 2.75) is 0 Å². The molecule has 0 radical (unpaired) electrons. The maximum Gasteiger partial charge on any atom is 0.341 e. The number of hydrogen-bond donors (Lipinski definition) is 0. The first-order valence-electron chi connectivity index (χ1n) is 9.22. The minimum Gasteiger partial charge on any atom is -0.503 e. The van der Waals surface area contributed by atoms with E-state index in [-0.39, 0.29) is 11.5 Å². The number of anilines is 2. The Bertz CT molecular complexity index is 1150. The van der Waals surface area contributed by atoms with Gasteiger partial charge >= 0.3 is 5.97 Å². The van der Waals surface area contributed by atoms with Crippen LogP contribution in [0.1, 0.15) is 11.1 Å². The van der Waals surface area contributed by atoms with Gasteiger partial charge in [-0.3, -0.25) is 0 Å². The molecule has 0 aliphatic rings. The third-order valence-electron chi connectivity index (χ3n) is 4.39. The molecule has 3 rings (SSSR count). The van der Waals surface area contributed by atoms with Gasteiger partial charge in [-0.15, -0.1) is 0 Å². The Hall–Kier alpha value is -4.38. The molecule has 0 bridgehead atoms. The second kappa shape index (κ2) is 9.89. The van der Waals surface area contributed by atoms with Gasteiger partial charge in [0.2, 0.25) is 5.88 Å². The summed E-state index contributed by atoms with van der Waals surface area (Å²) in [5.41, 5.74) is 1.91. The summed E-state index contributed by atoms with van der Waals surface area (Å²) in [6.07, 6.45) is 2.66. The molecule has 2 aromatic carbocycles. The number of hydrogen-bond acceptors (Lipinski definition) is 8. The molecule has 8 heteroatoms. The van der Waals surface area contributed by atoms with E-state index in [1.54, 1.807) is 54.4 Å². The number of para-hydroxylation sites is 2. The Morgan fingerprint density at radius 2 is 1.84 bits per heavy atom. The zero-order valence-electron chi connectivity index (χ0n) is 17.3. The van der Waals surface area contributed by atoms with Crippen LogP contribution in [0.5, 0.6) is 11.6 Å². The van der Waals surface area contributed by atoms with Crippen molar-refractivity contribution >= 4 is 23.0 Å².